The van der Waals surface area contributed by atoms with Gasteiger partial charge >= 0.3 is 0 Å². The highest BCUT2D eigenvalue weighted by Gasteiger charge is 2.10. The van der Waals surface area contributed by atoms with E-state index in [1.54, 1.807) is 36.4 Å². The van der Waals surface area contributed by atoms with E-state index in [0.717, 1.165) is 13.1 Å². The Balaban J connectivity index is 0.00000264. The lowest BCUT2D eigenvalue weighted by Gasteiger charge is -2.08. The third-order valence-electron chi connectivity index (χ3n) is 2.96. The Bertz CT molecular complexity index is 629. The number of nitrogens with one attached hydrogen (secondary N) is 3. The van der Waals surface area contributed by atoms with Crippen LogP contribution < -0.4 is 16.0 Å². The summed E-state index contributed by atoms with van der Waals surface area (Å²) in [6.07, 6.45) is 1.43. The van der Waals surface area contributed by atoms with Crippen LogP contribution in [0.4, 0.5) is 5.69 Å². The average molecular weight is 338 g/mol. The smallest absolute Gasteiger partial charge is 0.291 e. The van der Waals surface area contributed by atoms with E-state index in [1.165, 1.54) is 6.26 Å². The van der Waals surface area contributed by atoms with Gasteiger partial charge in [-0.2, -0.15) is 0 Å². The van der Waals surface area contributed by atoms with Gasteiger partial charge in [0.05, 0.1) is 6.26 Å². The van der Waals surface area contributed by atoms with Crippen LogP contribution in [-0.2, 0) is 0 Å². The van der Waals surface area contributed by atoms with E-state index in [4.69, 9.17) is 4.42 Å². The molecule has 7 heteroatoms. The number of halogens is 1. The van der Waals surface area contributed by atoms with Crippen LogP contribution in [0.25, 0.3) is 0 Å². The molecule has 0 saturated carbocycles. The van der Waals surface area contributed by atoms with Gasteiger partial charge in [0.2, 0.25) is 0 Å². The Labute approximate surface area is 141 Å². The zero-order valence-electron chi connectivity index (χ0n) is 12.8. The van der Waals surface area contributed by atoms with Gasteiger partial charge < -0.3 is 20.4 Å². The van der Waals surface area contributed by atoms with Crippen molar-refractivity contribution in [2.24, 2.45) is 0 Å². The number of likely N-dealkylation sites (N-methyl/N-ethyl adjacent to an activating group) is 1. The van der Waals surface area contributed by atoms with Crippen molar-refractivity contribution in [2.75, 3.05) is 25.0 Å². The van der Waals surface area contributed by atoms with Crippen molar-refractivity contribution in [2.45, 2.75) is 6.92 Å². The highest BCUT2D eigenvalue weighted by Crippen LogP contribution is 2.12. The number of anilines is 1. The average Bonchev–Trinajstić information content (AvgIpc) is 3.06. The number of rotatable bonds is 7. The fourth-order valence-corrected chi connectivity index (χ4v) is 1.88. The van der Waals surface area contributed by atoms with E-state index < -0.39 is 0 Å². The molecule has 1 heterocycles. The summed E-state index contributed by atoms with van der Waals surface area (Å²) in [5.41, 5.74) is 1.04. The second-order valence-electron chi connectivity index (χ2n) is 4.62. The van der Waals surface area contributed by atoms with Gasteiger partial charge in [-0.1, -0.05) is 13.0 Å². The second kappa shape index (κ2) is 9.66. The van der Waals surface area contributed by atoms with E-state index >= 15 is 0 Å². The van der Waals surface area contributed by atoms with Gasteiger partial charge in [-0.05, 0) is 36.9 Å². The Hall–Kier alpha value is -2.31. The van der Waals surface area contributed by atoms with Crippen LogP contribution in [0.3, 0.4) is 0 Å². The first-order valence-corrected chi connectivity index (χ1v) is 7.14. The van der Waals surface area contributed by atoms with Gasteiger partial charge in [0.25, 0.3) is 11.8 Å². The molecule has 124 valence electrons. The van der Waals surface area contributed by atoms with Crippen molar-refractivity contribution in [3.05, 3.63) is 54.0 Å². The van der Waals surface area contributed by atoms with Gasteiger partial charge in [-0.15, -0.1) is 12.4 Å². The molecule has 6 nitrogen and oxygen atoms in total. The highest BCUT2D eigenvalue weighted by molar-refractivity contribution is 6.03. The molecule has 0 aliphatic rings. The van der Waals surface area contributed by atoms with Crippen molar-refractivity contribution in [3.8, 4) is 0 Å². The number of hydrogen-bond acceptors (Lipinski definition) is 4. The summed E-state index contributed by atoms with van der Waals surface area (Å²) in [4.78, 5) is 23.9. The molecule has 0 aliphatic carbocycles. The summed E-state index contributed by atoms with van der Waals surface area (Å²) in [7, 11) is 0. The molecule has 23 heavy (non-hydrogen) atoms. The number of benzene rings is 1. The maximum Gasteiger partial charge on any atom is 0.291 e. The fraction of sp³-hybridized carbons (Fsp3) is 0.250. The fourth-order valence-electron chi connectivity index (χ4n) is 1.88. The first kappa shape index (κ1) is 18.7. The molecule has 2 aromatic rings. The minimum absolute atomic E-state index is 0. The van der Waals surface area contributed by atoms with Gasteiger partial charge in [0, 0.05) is 24.3 Å². The number of carbonyl (C=O) groups is 2. The minimum Gasteiger partial charge on any atom is -0.459 e. The molecule has 1 aromatic heterocycles. The summed E-state index contributed by atoms with van der Waals surface area (Å²) in [5.74, 6) is -0.304. The number of hydrogen-bond donors (Lipinski definition) is 3. The van der Waals surface area contributed by atoms with E-state index in [0.29, 0.717) is 17.8 Å². The lowest BCUT2D eigenvalue weighted by Crippen LogP contribution is -2.31. The van der Waals surface area contributed by atoms with E-state index in [-0.39, 0.29) is 30.0 Å². The van der Waals surface area contributed by atoms with Gasteiger partial charge in [-0.25, -0.2) is 0 Å². The summed E-state index contributed by atoms with van der Waals surface area (Å²) in [6.45, 7) is 4.14. The maximum absolute atomic E-state index is 12.0. The SMILES string of the molecule is CCNCCNC(=O)c1cccc(NC(=O)c2ccco2)c1.Cl. The summed E-state index contributed by atoms with van der Waals surface area (Å²) in [6, 6.07) is 9.98. The first-order chi connectivity index (χ1) is 10.7. The van der Waals surface area contributed by atoms with E-state index in [9.17, 15) is 9.59 Å². The van der Waals surface area contributed by atoms with Gasteiger partial charge in [0.15, 0.2) is 5.76 Å². The predicted molar refractivity (Wildman–Crippen MR) is 91.2 cm³/mol. The molecule has 2 amide bonds. The maximum atomic E-state index is 12.0. The molecule has 0 spiro atoms. The Morgan fingerprint density at radius 1 is 1.09 bits per heavy atom. The summed E-state index contributed by atoms with van der Waals surface area (Å²) >= 11 is 0. The number of carbonyl (C=O) groups excluding carboxylic acids is 2. The topological polar surface area (TPSA) is 83.4 Å². The van der Waals surface area contributed by atoms with Crippen LogP contribution in [0, 0.1) is 0 Å². The molecule has 0 unspecified atom stereocenters. The van der Waals surface area contributed by atoms with Crippen molar-refractivity contribution in [1.29, 1.82) is 0 Å². The lowest BCUT2D eigenvalue weighted by molar-refractivity contribution is 0.0952. The molecule has 0 saturated heterocycles. The van der Waals surface area contributed by atoms with Crippen LogP contribution in [-0.4, -0.2) is 31.4 Å². The second-order valence-corrected chi connectivity index (χ2v) is 4.62. The highest BCUT2D eigenvalue weighted by atomic mass is 35.5. The quantitative estimate of drug-likeness (QED) is 0.677. The minimum atomic E-state index is -0.352. The number of amides is 2. The van der Waals surface area contributed by atoms with Gasteiger partial charge in [0.1, 0.15) is 0 Å². The Kier molecular flexibility index (Phi) is 7.87. The third-order valence-corrected chi connectivity index (χ3v) is 2.96. The zero-order valence-corrected chi connectivity index (χ0v) is 13.6. The predicted octanol–water partition coefficient (Wildman–Crippen LogP) is 2.29. The molecule has 0 aliphatic heterocycles. The van der Waals surface area contributed by atoms with E-state index in [2.05, 4.69) is 16.0 Å². The Morgan fingerprint density at radius 3 is 2.61 bits per heavy atom. The molecular weight excluding hydrogens is 318 g/mol. The standard InChI is InChI=1S/C16H19N3O3.ClH/c1-2-17-8-9-18-15(20)12-5-3-6-13(11-12)19-16(21)14-7-4-10-22-14;/h3-7,10-11,17H,2,8-9H2,1H3,(H,18,20)(H,19,21);1H. The van der Waals surface area contributed by atoms with Crippen LogP contribution >= 0.6 is 12.4 Å². The Morgan fingerprint density at radius 2 is 1.91 bits per heavy atom. The largest absolute Gasteiger partial charge is 0.459 e. The van der Waals surface area contributed by atoms with Crippen LogP contribution in [0.2, 0.25) is 0 Å². The van der Waals surface area contributed by atoms with Crippen molar-refractivity contribution >= 4 is 29.9 Å². The van der Waals surface area contributed by atoms with Gasteiger partial charge in [-0.3, -0.25) is 9.59 Å². The molecule has 0 atom stereocenters. The third kappa shape index (κ3) is 5.77. The molecule has 1 aromatic carbocycles. The van der Waals surface area contributed by atoms with Crippen LogP contribution in [0.1, 0.15) is 27.8 Å². The normalized spacial score (nSPS) is 9.78. The lowest BCUT2D eigenvalue weighted by atomic mass is 10.2. The molecule has 0 bridgehead atoms. The molecule has 3 N–H and O–H groups in total. The van der Waals surface area contributed by atoms with Crippen molar-refractivity contribution in [1.82, 2.24) is 10.6 Å². The zero-order chi connectivity index (χ0) is 15.8. The summed E-state index contributed by atoms with van der Waals surface area (Å²) < 4.78 is 5.02. The van der Waals surface area contributed by atoms with Crippen molar-refractivity contribution < 1.29 is 14.0 Å². The van der Waals surface area contributed by atoms with Crippen LogP contribution in [0.15, 0.2) is 47.1 Å². The monoisotopic (exact) mass is 337 g/mol. The number of furan rings is 1. The molecule has 0 radical (unpaired) electrons. The summed E-state index contributed by atoms with van der Waals surface area (Å²) in [5, 5.41) is 8.63. The first-order valence-electron chi connectivity index (χ1n) is 7.14. The molecule has 2 rings (SSSR count). The molecular formula is C16H20ClN3O3. The van der Waals surface area contributed by atoms with Crippen molar-refractivity contribution in [3.63, 3.8) is 0 Å². The van der Waals surface area contributed by atoms with Crippen LogP contribution in [0.5, 0.6) is 0 Å². The van der Waals surface area contributed by atoms with E-state index in [1.807, 2.05) is 6.92 Å². The molecule has 0 fully saturated rings.